The van der Waals surface area contributed by atoms with Crippen molar-refractivity contribution in [2.24, 2.45) is 0 Å². The van der Waals surface area contributed by atoms with Crippen molar-refractivity contribution in [2.75, 3.05) is 19.0 Å². The Morgan fingerprint density at radius 1 is 1.17 bits per heavy atom. The predicted molar refractivity (Wildman–Crippen MR) is 102 cm³/mol. The topological polar surface area (TPSA) is 47.3 Å². The Morgan fingerprint density at radius 3 is 2.34 bits per heavy atom. The molecule has 1 atom stereocenters. The largest absolute Gasteiger partial charge is 0.417 e. The second-order valence-corrected chi connectivity index (χ2v) is 6.72. The number of nitriles is 1. The number of likely N-dealkylation sites (N-methyl/N-ethyl adjacent to an activating group) is 1. The molecule has 0 N–H and O–H groups in total. The van der Waals surface area contributed by atoms with Crippen LogP contribution in [0.5, 0.6) is 0 Å². The summed E-state index contributed by atoms with van der Waals surface area (Å²) in [6, 6.07) is 9.88. The van der Waals surface area contributed by atoms with Crippen molar-refractivity contribution in [1.29, 1.82) is 5.26 Å². The molecule has 2 rings (SSSR count). The number of anilines is 1. The van der Waals surface area contributed by atoms with E-state index in [2.05, 4.69) is 0 Å². The molecule has 0 aliphatic rings. The highest BCUT2D eigenvalue weighted by atomic mass is 19.4. The molecule has 0 heterocycles. The number of hydrogen-bond acceptors (Lipinski definition) is 3. The summed E-state index contributed by atoms with van der Waals surface area (Å²) in [5.41, 5.74) is -1.28. The lowest BCUT2D eigenvalue weighted by atomic mass is 10.0. The summed E-state index contributed by atoms with van der Waals surface area (Å²) in [7, 11) is 3.10. The minimum Gasteiger partial charge on any atom is -0.355 e. The van der Waals surface area contributed by atoms with Crippen molar-refractivity contribution in [3.05, 3.63) is 65.0 Å². The van der Waals surface area contributed by atoms with E-state index in [-0.39, 0.29) is 23.7 Å². The van der Waals surface area contributed by atoms with Crippen molar-refractivity contribution >= 4 is 11.6 Å². The third-order valence-corrected chi connectivity index (χ3v) is 4.55. The van der Waals surface area contributed by atoms with Gasteiger partial charge in [0.05, 0.1) is 17.2 Å². The second kappa shape index (κ2) is 8.95. The molecule has 2 aromatic carbocycles. The van der Waals surface area contributed by atoms with Crippen LogP contribution in [0.2, 0.25) is 0 Å². The predicted octanol–water partition coefficient (Wildman–Crippen LogP) is 4.59. The van der Waals surface area contributed by atoms with Crippen LogP contribution in [0.25, 0.3) is 0 Å². The average Bonchev–Trinajstić information content (AvgIpc) is 2.67. The molecule has 29 heavy (non-hydrogen) atoms. The molecule has 154 valence electrons. The SMILES string of the molecule is CCC(C(=O)N(C)C)N(Cc1ccccc1F)c1ccc(C#N)c(C(F)(F)F)c1. The van der Waals surface area contributed by atoms with E-state index in [1.54, 1.807) is 27.1 Å². The van der Waals surface area contributed by atoms with Crippen molar-refractivity contribution in [1.82, 2.24) is 4.90 Å². The van der Waals surface area contributed by atoms with E-state index in [9.17, 15) is 22.4 Å². The molecule has 0 radical (unpaired) electrons. The smallest absolute Gasteiger partial charge is 0.355 e. The van der Waals surface area contributed by atoms with E-state index in [1.807, 2.05) is 0 Å². The number of rotatable bonds is 6. The Balaban J connectivity index is 2.62. The summed E-state index contributed by atoms with van der Waals surface area (Å²) in [5.74, 6) is -0.837. The highest BCUT2D eigenvalue weighted by molar-refractivity contribution is 5.85. The fourth-order valence-electron chi connectivity index (χ4n) is 3.06. The van der Waals surface area contributed by atoms with Gasteiger partial charge in [0.15, 0.2) is 0 Å². The number of carbonyl (C=O) groups excluding carboxylic acids is 1. The molecule has 0 saturated carbocycles. The first-order chi connectivity index (χ1) is 13.6. The fourth-order valence-corrected chi connectivity index (χ4v) is 3.06. The first-order valence-corrected chi connectivity index (χ1v) is 8.92. The van der Waals surface area contributed by atoms with Gasteiger partial charge in [-0.25, -0.2) is 4.39 Å². The molecule has 0 spiro atoms. The zero-order chi connectivity index (χ0) is 21.8. The summed E-state index contributed by atoms with van der Waals surface area (Å²) in [4.78, 5) is 15.5. The minimum absolute atomic E-state index is 0.0848. The van der Waals surface area contributed by atoms with E-state index in [0.29, 0.717) is 6.42 Å². The molecule has 0 aliphatic carbocycles. The molecule has 1 amide bonds. The lowest BCUT2D eigenvalue weighted by Gasteiger charge is -2.34. The van der Waals surface area contributed by atoms with Crippen LogP contribution in [-0.4, -0.2) is 30.9 Å². The minimum atomic E-state index is -4.74. The van der Waals surface area contributed by atoms with Gasteiger partial charge in [-0.05, 0) is 30.7 Å². The number of carbonyl (C=O) groups is 1. The van der Waals surface area contributed by atoms with Crippen LogP contribution in [0.3, 0.4) is 0 Å². The Hall–Kier alpha value is -3.08. The third kappa shape index (κ3) is 5.05. The molecule has 0 fully saturated rings. The Morgan fingerprint density at radius 2 is 1.83 bits per heavy atom. The molecule has 1 unspecified atom stereocenters. The summed E-state index contributed by atoms with van der Waals surface area (Å²) in [5, 5.41) is 9.03. The highest BCUT2D eigenvalue weighted by Crippen LogP contribution is 2.35. The lowest BCUT2D eigenvalue weighted by Crippen LogP contribution is -2.46. The van der Waals surface area contributed by atoms with E-state index >= 15 is 0 Å². The van der Waals surface area contributed by atoms with E-state index in [0.717, 1.165) is 12.1 Å². The molecule has 0 aliphatic heterocycles. The maximum Gasteiger partial charge on any atom is 0.417 e. The number of benzene rings is 2. The summed E-state index contributed by atoms with van der Waals surface area (Å²) in [6.07, 6.45) is -4.44. The monoisotopic (exact) mass is 407 g/mol. The molecule has 4 nitrogen and oxygen atoms in total. The van der Waals surface area contributed by atoms with Crippen LogP contribution in [0, 0.1) is 17.1 Å². The van der Waals surface area contributed by atoms with Gasteiger partial charge in [0.25, 0.3) is 0 Å². The van der Waals surface area contributed by atoms with E-state index in [1.165, 1.54) is 40.1 Å². The van der Waals surface area contributed by atoms with Crippen LogP contribution in [-0.2, 0) is 17.5 Å². The van der Waals surface area contributed by atoms with Crippen molar-refractivity contribution in [2.45, 2.75) is 32.1 Å². The first-order valence-electron chi connectivity index (χ1n) is 8.92. The standard InChI is InChI=1S/C21H21F4N3O/c1-4-19(20(29)27(2)3)28(13-15-7-5-6-8-18(15)22)16-10-9-14(12-26)17(11-16)21(23,24)25/h5-11,19H,4,13H2,1-3H3. The van der Waals surface area contributed by atoms with Crippen molar-refractivity contribution in [3.8, 4) is 6.07 Å². The maximum absolute atomic E-state index is 14.2. The van der Waals surface area contributed by atoms with Crippen LogP contribution in [0.15, 0.2) is 42.5 Å². The van der Waals surface area contributed by atoms with Crippen molar-refractivity contribution in [3.63, 3.8) is 0 Å². The quantitative estimate of drug-likeness (QED) is 0.658. The van der Waals surface area contributed by atoms with Gasteiger partial charge in [0.2, 0.25) is 5.91 Å². The van der Waals surface area contributed by atoms with Gasteiger partial charge in [-0.3, -0.25) is 4.79 Å². The molecule has 2 aromatic rings. The number of nitrogens with zero attached hydrogens (tertiary/aromatic N) is 3. The number of hydrogen-bond donors (Lipinski definition) is 0. The number of halogens is 4. The van der Waals surface area contributed by atoms with Crippen LogP contribution >= 0.6 is 0 Å². The van der Waals surface area contributed by atoms with E-state index < -0.39 is 29.2 Å². The van der Waals surface area contributed by atoms with Gasteiger partial charge in [0, 0.05) is 31.9 Å². The Kier molecular flexibility index (Phi) is 6.85. The van der Waals surface area contributed by atoms with Gasteiger partial charge in [-0.1, -0.05) is 25.1 Å². The fraction of sp³-hybridized carbons (Fsp3) is 0.333. The van der Waals surface area contributed by atoms with Gasteiger partial charge in [-0.2, -0.15) is 18.4 Å². The van der Waals surface area contributed by atoms with Gasteiger partial charge >= 0.3 is 6.18 Å². The van der Waals surface area contributed by atoms with Crippen LogP contribution in [0.1, 0.15) is 30.0 Å². The Labute approximate surface area is 167 Å². The second-order valence-electron chi connectivity index (χ2n) is 6.72. The summed E-state index contributed by atoms with van der Waals surface area (Å²) < 4.78 is 54.5. The molecule has 0 aromatic heterocycles. The zero-order valence-corrected chi connectivity index (χ0v) is 16.3. The van der Waals surface area contributed by atoms with Gasteiger partial charge < -0.3 is 9.80 Å². The normalized spacial score (nSPS) is 12.2. The lowest BCUT2D eigenvalue weighted by molar-refractivity contribution is -0.137. The zero-order valence-electron chi connectivity index (χ0n) is 16.3. The third-order valence-electron chi connectivity index (χ3n) is 4.55. The van der Waals surface area contributed by atoms with Crippen LogP contribution in [0.4, 0.5) is 23.2 Å². The molecule has 0 bridgehead atoms. The van der Waals surface area contributed by atoms with Crippen molar-refractivity contribution < 1.29 is 22.4 Å². The Bertz CT molecular complexity index is 919. The average molecular weight is 407 g/mol. The van der Waals surface area contributed by atoms with Gasteiger partial charge in [-0.15, -0.1) is 0 Å². The molecular weight excluding hydrogens is 386 g/mol. The molecule has 8 heteroatoms. The highest BCUT2D eigenvalue weighted by Gasteiger charge is 2.35. The van der Waals surface area contributed by atoms with E-state index in [4.69, 9.17) is 5.26 Å². The molecular formula is C21H21F4N3O. The first kappa shape index (κ1) is 22.2. The summed E-state index contributed by atoms with van der Waals surface area (Å²) in [6.45, 7) is 1.63. The maximum atomic E-state index is 14.2. The van der Waals surface area contributed by atoms with Crippen LogP contribution < -0.4 is 4.90 Å². The number of amides is 1. The molecule has 0 saturated heterocycles. The summed E-state index contributed by atoms with van der Waals surface area (Å²) >= 11 is 0. The van der Waals surface area contributed by atoms with Gasteiger partial charge in [0.1, 0.15) is 11.9 Å². The number of alkyl halides is 3.